The van der Waals surface area contributed by atoms with Gasteiger partial charge in [0.1, 0.15) is 0 Å². The molecule has 0 fully saturated rings. The van der Waals surface area contributed by atoms with Gasteiger partial charge in [0.2, 0.25) is 15.9 Å². The predicted molar refractivity (Wildman–Crippen MR) is 74.9 cm³/mol. The van der Waals surface area contributed by atoms with Gasteiger partial charge in [-0.25, -0.2) is 8.42 Å². The van der Waals surface area contributed by atoms with Gasteiger partial charge in [-0.1, -0.05) is 0 Å². The number of aromatic nitrogens is 2. The minimum atomic E-state index is -3.29. The lowest BCUT2D eigenvalue weighted by molar-refractivity contribution is 0.233. The van der Waals surface area contributed by atoms with Crippen molar-refractivity contribution in [2.24, 2.45) is 7.05 Å². The van der Waals surface area contributed by atoms with Crippen LogP contribution in [0, 0.1) is 0 Å². The van der Waals surface area contributed by atoms with Gasteiger partial charge in [-0.2, -0.15) is 0 Å². The third-order valence-corrected chi connectivity index (χ3v) is 3.07. The van der Waals surface area contributed by atoms with Crippen LogP contribution in [0.15, 0.2) is 18.2 Å². The Labute approximate surface area is 112 Å². The molecule has 0 aliphatic carbocycles. The van der Waals surface area contributed by atoms with Gasteiger partial charge in [0.15, 0.2) is 0 Å². The van der Waals surface area contributed by atoms with Crippen LogP contribution < -0.4 is 9.46 Å². The summed E-state index contributed by atoms with van der Waals surface area (Å²) in [5, 5.41) is 5.07. The Hall–Kier alpha value is -1.76. The van der Waals surface area contributed by atoms with Gasteiger partial charge in [-0.3, -0.25) is 9.40 Å². The summed E-state index contributed by atoms with van der Waals surface area (Å²) in [6, 6.07) is 5.23. The summed E-state index contributed by atoms with van der Waals surface area (Å²) in [6.07, 6.45) is 1.12. The first-order valence-electron chi connectivity index (χ1n) is 5.87. The maximum absolute atomic E-state index is 11.2. The molecule has 19 heavy (non-hydrogen) atoms. The molecular weight excluding hydrogens is 266 g/mol. The largest absolute Gasteiger partial charge is 0.473 e. The van der Waals surface area contributed by atoms with E-state index in [1.807, 2.05) is 27.0 Å². The summed E-state index contributed by atoms with van der Waals surface area (Å²) in [4.78, 5) is 0. The molecule has 1 heterocycles. The Morgan fingerprint density at radius 3 is 2.63 bits per heavy atom. The lowest BCUT2D eigenvalue weighted by atomic mass is 10.2. The summed E-state index contributed by atoms with van der Waals surface area (Å²) in [5.41, 5.74) is 1.38. The SMILES string of the molecule is CC(C)Oc1nn(C)c2ccc(NS(C)(=O)=O)cc12. The van der Waals surface area contributed by atoms with E-state index in [1.165, 1.54) is 0 Å². The number of anilines is 1. The number of aryl methyl sites for hydroxylation is 1. The fraction of sp³-hybridized carbons (Fsp3) is 0.417. The number of hydrogen-bond donors (Lipinski definition) is 1. The quantitative estimate of drug-likeness (QED) is 0.927. The van der Waals surface area contributed by atoms with Crippen molar-refractivity contribution < 1.29 is 13.2 Å². The highest BCUT2D eigenvalue weighted by Crippen LogP contribution is 2.28. The Kier molecular flexibility index (Phi) is 3.40. The van der Waals surface area contributed by atoms with E-state index in [-0.39, 0.29) is 6.10 Å². The molecule has 2 aromatic rings. The van der Waals surface area contributed by atoms with Crippen molar-refractivity contribution >= 4 is 26.6 Å². The number of benzene rings is 1. The first kappa shape index (κ1) is 13.7. The molecule has 0 spiro atoms. The zero-order valence-corrected chi connectivity index (χ0v) is 12.2. The highest BCUT2D eigenvalue weighted by atomic mass is 32.2. The fourth-order valence-corrected chi connectivity index (χ4v) is 2.38. The second-order valence-electron chi connectivity index (χ2n) is 4.70. The molecule has 0 atom stereocenters. The summed E-state index contributed by atoms with van der Waals surface area (Å²) >= 11 is 0. The summed E-state index contributed by atoms with van der Waals surface area (Å²) < 4.78 is 32.3. The maximum Gasteiger partial charge on any atom is 0.241 e. The molecule has 104 valence electrons. The second-order valence-corrected chi connectivity index (χ2v) is 6.45. The minimum absolute atomic E-state index is 0.00428. The third-order valence-electron chi connectivity index (χ3n) is 2.47. The second kappa shape index (κ2) is 4.73. The van der Waals surface area contributed by atoms with E-state index >= 15 is 0 Å². The van der Waals surface area contributed by atoms with E-state index in [4.69, 9.17) is 4.74 Å². The van der Waals surface area contributed by atoms with Crippen LogP contribution in [0.5, 0.6) is 5.88 Å². The van der Waals surface area contributed by atoms with Crippen LogP contribution >= 0.6 is 0 Å². The lowest BCUT2D eigenvalue weighted by Gasteiger charge is -2.07. The molecule has 2 rings (SSSR count). The van der Waals surface area contributed by atoms with Crippen LogP contribution in [0.25, 0.3) is 10.9 Å². The first-order valence-corrected chi connectivity index (χ1v) is 7.76. The number of ether oxygens (including phenoxy) is 1. The van der Waals surface area contributed by atoms with E-state index in [0.29, 0.717) is 11.6 Å². The van der Waals surface area contributed by atoms with E-state index in [1.54, 1.807) is 16.8 Å². The van der Waals surface area contributed by atoms with Crippen molar-refractivity contribution in [2.75, 3.05) is 11.0 Å². The van der Waals surface area contributed by atoms with E-state index < -0.39 is 10.0 Å². The molecule has 1 aromatic carbocycles. The van der Waals surface area contributed by atoms with Crippen molar-refractivity contribution in [2.45, 2.75) is 20.0 Å². The van der Waals surface area contributed by atoms with Gasteiger partial charge < -0.3 is 4.74 Å². The average molecular weight is 283 g/mol. The molecule has 6 nitrogen and oxygen atoms in total. The number of nitrogens with zero attached hydrogens (tertiary/aromatic N) is 2. The Balaban J connectivity index is 2.50. The summed E-state index contributed by atoms with van der Waals surface area (Å²) in [6.45, 7) is 3.83. The molecule has 0 unspecified atom stereocenters. The van der Waals surface area contributed by atoms with Crippen molar-refractivity contribution in [1.82, 2.24) is 9.78 Å². The zero-order chi connectivity index (χ0) is 14.2. The molecule has 0 aliphatic heterocycles. The first-order chi connectivity index (χ1) is 8.76. The van der Waals surface area contributed by atoms with Gasteiger partial charge in [0.05, 0.1) is 23.3 Å². The van der Waals surface area contributed by atoms with E-state index in [2.05, 4.69) is 9.82 Å². The Morgan fingerprint density at radius 1 is 1.37 bits per heavy atom. The number of nitrogens with one attached hydrogen (secondary N) is 1. The highest BCUT2D eigenvalue weighted by Gasteiger charge is 2.12. The van der Waals surface area contributed by atoms with Gasteiger partial charge in [-0.15, -0.1) is 5.10 Å². The normalized spacial score (nSPS) is 12.1. The number of hydrogen-bond acceptors (Lipinski definition) is 4. The van der Waals surface area contributed by atoms with Crippen LogP contribution in [0.1, 0.15) is 13.8 Å². The molecule has 7 heteroatoms. The molecule has 1 aromatic heterocycles. The fourth-order valence-electron chi connectivity index (χ4n) is 1.82. The van der Waals surface area contributed by atoms with Gasteiger partial charge in [-0.05, 0) is 32.0 Å². The molecule has 0 bridgehead atoms. The van der Waals surface area contributed by atoms with Crippen molar-refractivity contribution in [3.8, 4) is 5.88 Å². The van der Waals surface area contributed by atoms with Crippen LogP contribution in [0.2, 0.25) is 0 Å². The molecule has 0 aliphatic rings. The maximum atomic E-state index is 11.2. The van der Waals surface area contributed by atoms with Crippen molar-refractivity contribution in [3.63, 3.8) is 0 Å². The Morgan fingerprint density at radius 2 is 2.05 bits per heavy atom. The average Bonchev–Trinajstić information content (AvgIpc) is 2.52. The van der Waals surface area contributed by atoms with E-state index in [9.17, 15) is 8.42 Å². The predicted octanol–water partition coefficient (Wildman–Crippen LogP) is 1.73. The van der Waals surface area contributed by atoms with E-state index in [0.717, 1.165) is 17.2 Å². The topological polar surface area (TPSA) is 73.2 Å². The monoisotopic (exact) mass is 283 g/mol. The number of rotatable bonds is 4. The zero-order valence-electron chi connectivity index (χ0n) is 11.3. The minimum Gasteiger partial charge on any atom is -0.473 e. The van der Waals surface area contributed by atoms with Crippen LogP contribution in [0.4, 0.5) is 5.69 Å². The van der Waals surface area contributed by atoms with Gasteiger partial charge in [0.25, 0.3) is 0 Å². The van der Waals surface area contributed by atoms with Crippen molar-refractivity contribution in [1.29, 1.82) is 0 Å². The van der Waals surface area contributed by atoms with Gasteiger partial charge >= 0.3 is 0 Å². The third kappa shape index (κ3) is 3.17. The number of sulfonamides is 1. The standard InChI is InChI=1S/C12H17N3O3S/c1-8(2)18-12-10-7-9(14-19(4,16)17)5-6-11(10)15(3)13-12/h5-8,14H,1-4H3. The lowest BCUT2D eigenvalue weighted by Crippen LogP contribution is -2.09. The highest BCUT2D eigenvalue weighted by molar-refractivity contribution is 7.92. The molecule has 0 saturated carbocycles. The van der Waals surface area contributed by atoms with Crippen LogP contribution in [0.3, 0.4) is 0 Å². The Bertz CT molecular complexity index is 704. The van der Waals surface area contributed by atoms with Crippen LogP contribution in [-0.4, -0.2) is 30.6 Å². The van der Waals surface area contributed by atoms with Crippen LogP contribution in [-0.2, 0) is 17.1 Å². The smallest absolute Gasteiger partial charge is 0.241 e. The molecule has 0 radical (unpaired) electrons. The van der Waals surface area contributed by atoms with Gasteiger partial charge in [0, 0.05) is 12.7 Å². The molecule has 0 amide bonds. The van der Waals surface area contributed by atoms with Crippen molar-refractivity contribution in [3.05, 3.63) is 18.2 Å². The molecular formula is C12H17N3O3S. The number of fused-ring (bicyclic) bond motifs is 1. The molecule has 0 saturated heterocycles. The summed E-state index contributed by atoms with van der Waals surface area (Å²) in [7, 11) is -1.47. The summed E-state index contributed by atoms with van der Waals surface area (Å²) in [5.74, 6) is 0.504. The molecule has 1 N–H and O–H groups in total.